The number of ketones is 1. The van der Waals surface area contributed by atoms with Crippen LogP contribution in [0, 0.1) is 0 Å². The second-order valence-corrected chi connectivity index (χ2v) is 4.87. The van der Waals surface area contributed by atoms with E-state index in [4.69, 9.17) is 9.57 Å². The number of hydrogen-bond donors (Lipinski definition) is 0. The van der Waals surface area contributed by atoms with E-state index >= 15 is 0 Å². The first-order chi connectivity index (χ1) is 10.3. The van der Waals surface area contributed by atoms with Crippen LogP contribution < -0.4 is 0 Å². The molecule has 2 aromatic rings. The molecule has 21 heavy (non-hydrogen) atoms. The van der Waals surface area contributed by atoms with Gasteiger partial charge in [0.05, 0.1) is 0 Å². The molecule has 4 nitrogen and oxygen atoms in total. The van der Waals surface area contributed by atoms with Crippen LogP contribution in [0.2, 0.25) is 0 Å². The maximum Gasteiger partial charge on any atom is 0.361 e. The molecule has 2 aliphatic rings. The highest BCUT2D eigenvalue weighted by atomic mass is 16.8. The Hall–Kier alpha value is -2.88. The highest BCUT2D eigenvalue weighted by Crippen LogP contribution is 2.34. The zero-order valence-corrected chi connectivity index (χ0v) is 11.0. The highest BCUT2D eigenvalue weighted by Gasteiger charge is 2.49. The zero-order chi connectivity index (χ0) is 14.3. The lowest BCUT2D eigenvalue weighted by Gasteiger charge is -2.24. The quantitative estimate of drug-likeness (QED) is 0.805. The second-order valence-electron chi connectivity index (χ2n) is 4.87. The van der Waals surface area contributed by atoms with Gasteiger partial charge in [0.25, 0.3) is 11.7 Å². The predicted octanol–water partition coefficient (Wildman–Crippen LogP) is 3.00. The first-order valence-electron chi connectivity index (χ1n) is 6.62. The molecule has 0 aromatic heterocycles. The second kappa shape index (κ2) is 4.31. The van der Waals surface area contributed by atoms with E-state index in [1.54, 1.807) is 12.1 Å². The summed E-state index contributed by atoms with van der Waals surface area (Å²) in [5.41, 5.74) is 2.20. The molecule has 4 rings (SSSR count). The Morgan fingerprint density at radius 1 is 0.952 bits per heavy atom. The number of ether oxygens (including phenoxy) is 1. The van der Waals surface area contributed by atoms with Crippen LogP contribution in [0.4, 0.5) is 0 Å². The maximum absolute atomic E-state index is 12.6. The molecule has 1 spiro atoms. The molecule has 102 valence electrons. The van der Waals surface area contributed by atoms with E-state index in [-0.39, 0.29) is 5.78 Å². The topological polar surface area (TPSA) is 47.9 Å². The molecular weight excluding hydrogens is 266 g/mol. The number of fused-ring (bicyclic) bond motifs is 1. The van der Waals surface area contributed by atoms with Crippen molar-refractivity contribution in [2.75, 3.05) is 0 Å². The Labute approximate surface area is 121 Å². The molecule has 1 atom stereocenters. The van der Waals surface area contributed by atoms with Crippen molar-refractivity contribution in [1.82, 2.24) is 0 Å². The Bertz CT molecular complexity index is 780. The molecule has 0 fully saturated rings. The lowest BCUT2D eigenvalue weighted by atomic mass is 9.92. The van der Waals surface area contributed by atoms with E-state index in [1.807, 2.05) is 54.6 Å². The van der Waals surface area contributed by atoms with Crippen LogP contribution in [0.5, 0.6) is 0 Å². The molecule has 0 N–H and O–H groups in total. The first kappa shape index (κ1) is 11.9. The number of carbonyl (C=O) groups is 1. The van der Waals surface area contributed by atoms with Crippen molar-refractivity contribution in [3.05, 3.63) is 77.4 Å². The van der Waals surface area contributed by atoms with Gasteiger partial charge in [-0.15, -0.1) is 0 Å². The first-order valence-corrected chi connectivity index (χ1v) is 6.62. The van der Waals surface area contributed by atoms with Gasteiger partial charge in [0.2, 0.25) is 0 Å². The number of rotatable bonds is 1. The number of Topliss-reactive ketones (excluding diaryl/α,β-unsaturated/α-hetero) is 1. The Morgan fingerprint density at radius 2 is 1.71 bits per heavy atom. The van der Waals surface area contributed by atoms with E-state index in [1.165, 1.54) is 0 Å². The third-order valence-corrected chi connectivity index (χ3v) is 3.54. The summed E-state index contributed by atoms with van der Waals surface area (Å²) in [5.74, 6) is -1.40. The van der Waals surface area contributed by atoms with Crippen LogP contribution in [0.25, 0.3) is 6.08 Å². The summed E-state index contributed by atoms with van der Waals surface area (Å²) >= 11 is 0. The van der Waals surface area contributed by atoms with Crippen molar-refractivity contribution in [3.63, 3.8) is 0 Å². The lowest BCUT2D eigenvalue weighted by Crippen LogP contribution is -2.41. The Kier molecular flexibility index (Phi) is 2.44. The molecule has 1 unspecified atom stereocenters. The number of oxime groups is 1. The van der Waals surface area contributed by atoms with Gasteiger partial charge in [0.15, 0.2) is 0 Å². The van der Waals surface area contributed by atoms with Crippen LogP contribution in [0.3, 0.4) is 0 Å². The van der Waals surface area contributed by atoms with Crippen molar-refractivity contribution < 1.29 is 14.4 Å². The van der Waals surface area contributed by atoms with Crippen LogP contribution in [0.15, 0.2) is 65.8 Å². The molecule has 1 aliphatic heterocycles. The van der Waals surface area contributed by atoms with Crippen molar-refractivity contribution >= 4 is 17.8 Å². The largest absolute Gasteiger partial charge is 0.420 e. The number of carbonyl (C=O) groups excluding carboxylic acids is 1. The van der Waals surface area contributed by atoms with Gasteiger partial charge < -0.3 is 9.57 Å². The van der Waals surface area contributed by atoms with E-state index in [2.05, 4.69) is 5.16 Å². The monoisotopic (exact) mass is 277 g/mol. The van der Waals surface area contributed by atoms with Crippen LogP contribution in [0.1, 0.15) is 21.5 Å². The molecular formula is C17H11NO3. The molecule has 4 heteroatoms. The zero-order valence-electron chi connectivity index (χ0n) is 11.0. The molecule has 2 aromatic carbocycles. The van der Waals surface area contributed by atoms with Gasteiger partial charge in [-0.3, -0.25) is 4.79 Å². The molecule has 0 bridgehead atoms. The van der Waals surface area contributed by atoms with Gasteiger partial charge in [-0.2, -0.15) is 0 Å². The number of hydrogen-bond acceptors (Lipinski definition) is 4. The molecule has 0 radical (unpaired) electrons. The Morgan fingerprint density at radius 3 is 2.57 bits per heavy atom. The smallest absolute Gasteiger partial charge is 0.361 e. The molecule has 1 heterocycles. The predicted molar refractivity (Wildman–Crippen MR) is 77.7 cm³/mol. The summed E-state index contributed by atoms with van der Waals surface area (Å²) < 4.78 is 5.74. The van der Waals surface area contributed by atoms with E-state index in [9.17, 15) is 4.79 Å². The summed E-state index contributed by atoms with van der Waals surface area (Å²) in [6, 6.07) is 16.7. The van der Waals surface area contributed by atoms with E-state index in [0.717, 1.165) is 11.1 Å². The van der Waals surface area contributed by atoms with Crippen molar-refractivity contribution in [2.45, 2.75) is 5.79 Å². The van der Waals surface area contributed by atoms with E-state index in [0.29, 0.717) is 11.5 Å². The third-order valence-electron chi connectivity index (χ3n) is 3.54. The van der Waals surface area contributed by atoms with Crippen LogP contribution >= 0.6 is 0 Å². The lowest BCUT2D eigenvalue weighted by molar-refractivity contribution is -0.0861. The average Bonchev–Trinajstić information content (AvgIpc) is 2.98. The Balaban J connectivity index is 1.69. The minimum absolute atomic E-state index is 0.240. The summed E-state index contributed by atoms with van der Waals surface area (Å²) in [4.78, 5) is 18.0. The minimum Gasteiger partial charge on any atom is -0.420 e. The highest BCUT2D eigenvalue weighted by molar-refractivity contribution is 6.10. The number of nitrogens with zero attached hydrogens (tertiary/aromatic N) is 1. The summed E-state index contributed by atoms with van der Waals surface area (Å²) in [6.07, 6.45) is 3.43. The van der Waals surface area contributed by atoms with Crippen molar-refractivity contribution in [2.24, 2.45) is 5.16 Å². The van der Waals surface area contributed by atoms with Crippen LogP contribution in [-0.2, 0) is 9.57 Å². The molecule has 0 amide bonds. The fourth-order valence-corrected chi connectivity index (χ4v) is 2.45. The number of benzene rings is 2. The van der Waals surface area contributed by atoms with Crippen molar-refractivity contribution in [1.29, 1.82) is 0 Å². The summed E-state index contributed by atoms with van der Waals surface area (Å²) in [7, 11) is 0. The fourth-order valence-electron chi connectivity index (χ4n) is 2.45. The molecule has 0 saturated carbocycles. The summed E-state index contributed by atoms with van der Waals surface area (Å²) in [6.45, 7) is 0. The van der Waals surface area contributed by atoms with Gasteiger partial charge in [0.1, 0.15) is 0 Å². The van der Waals surface area contributed by atoms with Gasteiger partial charge in [0, 0.05) is 17.2 Å². The fraction of sp³-hybridized carbons (Fsp3) is 0.0588. The molecule has 1 aliphatic carbocycles. The van der Waals surface area contributed by atoms with Gasteiger partial charge in [-0.25, -0.2) is 0 Å². The summed E-state index contributed by atoms with van der Waals surface area (Å²) in [5, 5.41) is 3.93. The molecule has 0 saturated heterocycles. The normalized spacial score (nSPS) is 22.5. The van der Waals surface area contributed by atoms with E-state index < -0.39 is 5.79 Å². The van der Waals surface area contributed by atoms with Gasteiger partial charge in [-0.1, -0.05) is 42.5 Å². The minimum atomic E-state index is -1.47. The standard InChI is InChI=1S/C17H11NO3/c19-15-14-9-5-4-6-12(14)10-11-17(15)20-16(18-21-17)13-7-2-1-3-8-13/h1-11H. The van der Waals surface area contributed by atoms with Crippen LogP contribution in [-0.4, -0.2) is 17.5 Å². The SMILES string of the molecule is O=C1c2ccccc2C=CC12ON=C(c1ccccc1)O2. The van der Waals surface area contributed by atoms with Gasteiger partial charge >= 0.3 is 5.79 Å². The third kappa shape index (κ3) is 1.76. The maximum atomic E-state index is 12.6. The van der Waals surface area contributed by atoms with Gasteiger partial charge in [-0.05, 0) is 28.9 Å². The average molecular weight is 277 g/mol. The van der Waals surface area contributed by atoms with Crippen molar-refractivity contribution in [3.8, 4) is 0 Å².